The van der Waals surface area contributed by atoms with Crippen molar-refractivity contribution >= 4 is 21.4 Å². The number of nitrogens with one attached hydrogen (secondary N) is 1. The summed E-state index contributed by atoms with van der Waals surface area (Å²) >= 11 is 0. The van der Waals surface area contributed by atoms with Crippen molar-refractivity contribution in [2.24, 2.45) is 5.92 Å². The van der Waals surface area contributed by atoms with Crippen LogP contribution in [0.4, 0.5) is 5.69 Å². The molecule has 1 aliphatic rings. The lowest BCUT2D eigenvalue weighted by molar-refractivity contribution is -0.119. The Morgan fingerprint density at radius 1 is 1.40 bits per heavy atom. The summed E-state index contributed by atoms with van der Waals surface area (Å²) in [7, 11) is -3.05. The van der Waals surface area contributed by atoms with Gasteiger partial charge in [-0.15, -0.1) is 0 Å². The second-order valence-electron chi connectivity index (χ2n) is 4.93. The molecular formula is C14H19NO4S. The molecule has 5 nitrogen and oxygen atoms in total. The molecule has 1 amide bonds. The lowest BCUT2D eigenvalue weighted by Crippen LogP contribution is -2.24. The number of sulfone groups is 1. The minimum Gasteiger partial charge on any atom is -0.491 e. The van der Waals surface area contributed by atoms with Crippen LogP contribution >= 0.6 is 0 Å². The number of hydrogen-bond donors (Lipinski definition) is 1. The van der Waals surface area contributed by atoms with E-state index in [4.69, 9.17) is 4.74 Å². The zero-order chi connectivity index (χ0) is 14.6. The molecule has 1 aliphatic heterocycles. The molecular weight excluding hydrogens is 278 g/mol. The lowest BCUT2D eigenvalue weighted by Gasteiger charge is -2.13. The molecule has 110 valence electrons. The minimum absolute atomic E-state index is 0.0587. The monoisotopic (exact) mass is 297 g/mol. The first kappa shape index (κ1) is 14.8. The molecule has 20 heavy (non-hydrogen) atoms. The lowest BCUT2D eigenvalue weighted by atomic mass is 10.1. The smallest absolute Gasteiger partial charge is 0.228 e. The summed E-state index contributed by atoms with van der Waals surface area (Å²) in [6, 6.07) is 7.18. The van der Waals surface area contributed by atoms with E-state index in [2.05, 4.69) is 5.32 Å². The van der Waals surface area contributed by atoms with E-state index in [1.54, 1.807) is 18.2 Å². The van der Waals surface area contributed by atoms with Gasteiger partial charge in [-0.2, -0.15) is 0 Å². The van der Waals surface area contributed by atoms with E-state index in [9.17, 15) is 13.2 Å². The molecule has 0 radical (unpaired) electrons. The Morgan fingerprint density at radius 2 is 2.15 bits per heavy atom. The van der Waals surface area contributed by atoms with Crippen LogP contribution < -0.4 is 10.1 Å². The van der Waals surface area contributed by atoms with E-state index in [-0.39, 0.29) is 17.4 Å². The zero-order valence-electron chi connectivity index (χ0n) is 11.5. The molecule has 0 aliphatic carbocycles. The van der Waals surface area contributed by atoms with Crippen molar-refractivity contribution in [1.29, 1.82) is 0 Å². The third-order valence-corrected chi connectivity index (χ3v) is 4.98. The van der Waals surface area contributed by atoms with Crippen LogP contribution in [0.25, 0.3) is 0 Å². The molecule has 1 aromatic rings. The summed E-state index contributed by atoms with van der Waals surface area (Å²) in [6.45, 7) is 2.58. The van der Waals surface area contributed by atoms with E-state index in [1.807, 2.05) is 13.0 Å². The van der Waals surface area contributed by atoms with Crippen LogP contribution in [-0.2, 0) is 14.6 Å². The first-order chi connectivity index (χ1) is 9.52. The first-order valence-electron chi connectivity index (χ1n) is 6.75. The predicted octanol–water partition coefficient (Wildman–Crippen LogP) is 1.85. The van der Waals surface area contributed by atoms with Gasteiger partial charge in [-0.05, 0) is 25.0 Å². The third-order valence-electron chi connectivity index (χ3n) is 3.21. The number of rotatable bonds is 5. The summed E-state index contributed by atoms with van der Waals surface area (Å²) in [5, 5.41) is 2.77. The van der Waals surface area contributed by atoms with Gasteiger partial charge in [0.1, 0.15) is 5.75 Å². The molecule has 1 atom stereocenters. The summed E-state index contributed by atoms with van der Waals surface area (Å²) in [6.07, 6.45) is 1.27. The normalized spacial score (nSPS) is 20.6. The second-order valence-corrected chi connectivity index (χ2v) is 7.16. The zero-order valence-corrected chi connectivity index (χ0v) is 12.3. The van der Waals surface area contributed by atoms with Crippen LogP contribution in [0.1, 0.15) is 19.8 Å². The highest BCUT2D eigenvalue weighted by molar-refractivity contribution is 7.91. The van der Waals surface area contributed by atoms with Gasteiger partial charge in [0, 0.05) is 0 Å². The maximum Gasteiger partial charge on any atom is 0.228 e. The minimum atomic E-state index is -3.05. The van der Waals surface area contributed by atoms with Gasteiger partial charge in [0.25, 0.3) is 0 Å². The van der Waals surface area contributed by atoms with Crippen molar-refractivity contribution < 1.29 is 17.9 Å². The largest absolute Gasteiger partial charge is 0.491 e. The molecule has 0 bridgehead atoms. The molecule has 1 unspecified atom stereocenters. The maximum absolute atomic E-state index is 12.1. The highest BCUT2D eigenvalue weighted by Crippen LogP contribution is 2.26. The van der Waals surface area contributed by atoms with Gasteiger partial charge in [-0.1, -0.05) is 19.1 Å². The van der Waals surface area contributed by atoms with Gasteiger partial charge < -0.3 is 10.1 Å². The molecule has 0 saturated carbocycles. The van der Waals surface area contributed by atoms with Crippen LogP contribution in [0.3, 0.4) is 0 Å². The maximum atomic E-state index is 12.1. The van der Waals surface area contributed by atoms with Gasteiger partial charge in [-0.3, -0.25) is 4.79 Å². The van der Waals surface area contributed by atoms with Crippen molar-refractivity contribution in [2.45, 2.75) is 19.8 Å². The van der Waals surface area contributed by atoms with Gasteiger partial charge in [-0.25, -0.2) is 8.42 Å². The van der Waals surface area contributed by atoms with Crippen LogP contribution in [0.5, 0.6) is 5.75 Å². The Balaban J connectivity index is 2.04. The summed E-state index contributed by atoms with van der Waals surface area (Å²) in [5.74, 6) is -0.0583. The fraction of sp³-hybridized carbons (Fsp3) is 0.500. The third kappa shape index (κ3) is 3.72. The fourth-order valence-electron chi connectivity index (χ4n) is 2.14. The number of anilines is 1. The van der Waals surface area contributed by atoms with Crippen molar-refractivity contribution in [3.63, 3.8) is 0 Å². The van der Waals surface area contributed by atoms with Crippen molar-refractivity contribution in [1.82, 2.24) is 0 Å². The molecule has 0 aromatic heterocycles. The molecule has 1 N–H and O–H groups in total. The average molecular weight is 297 g/mol. The Labute approximate surface area is 119 Å². The molecule has 0 spiro atoms. The number of hydrogen-bond acceptors (Lipinski definition) is 4. The summed E-state index contributed by atoms with van der Waals surface area (Å²) in [4.78, 5) is 12.1. The highest BCUT2D eigenvalue weighted by Gasteiger charge is 2.33. The Bertz CT molecular complexity index is 583. The number of ether oxygens (including phenoxy) is 1. The first-order valence-corrected chi connectivity index (χ1v) is 8.57. The van der Waals surface area contributed by atoms with Gasteiger partial charge in [0.05, 0.1) is 29.7 Å². The van der Waals surface area contributed by atoms with Gasteiger partial charge >= 0.3 is 0 Å². The van der Waals surface area contributed by atoms with E-state index < -0.39 is 15.8 Å². The molecule has 1 fully saturated rings. The van der Waals surface area contributed by atoms with Gasteiger partial charge in [0.15, 0.2) is 9.84 Å². The Hall–Kier alpha value is -1.56. The van der Waals surface area contributed by atoms with Crippen molar-refractivity contribution in [2.75, 3.05) is 23.4 Å². The van der Waals surface area contributed by atoms with E-state index in [1.165, 1.54) is 0 Å². The number of benzene rings is 1. The van der Waals surface area contributed by atoms with E-state index >= 15 is 0 Å². The quantitative estimate of drug-likeness (QED) is 0.900. The number of carbonyl (C=O) groups excluding carboxylic acids is 1. The van der Waals surface area contributed by atoms with Crippen molar-refractivity contribution in [3.05, 3.63) is 24.3 Å². The van der Waals surface area contributed by atoms with Crippen LogP contribution in [0, 0.1) is 5.92 Å². The number of para-hydroxylation sites is 2. The Morgan fingerprint density at radius 3 is 2.80 bits per heavy atom. The molecule has 6 heteroatoms. The molecule has 1 heterocycles. The predicted molar refractivity (Wildman–Crippen MR) is 77.6 cm³/mol. The fourth-order valence-corrected chi connectivity index (χ4v) is 3.89. The average Bonchev–Trinajstić information content (AvgIpc) is 2.78. The molecule has 1 saturated heterocycles. The van der Waals surface area contributed by atoms with Crippen LogP contribution in [-0.4, -0.2) is 32.4 Å². The Kier molecular flexibility index (Phi) is 4.65. The van der Waals surface area contributed by atoms with Crippen LogP contribution in [0.2, 0.25) is 0 Å². The molecule has 2 rings (SSSR count). The topological polar surface area (TPSA) is 72.5 Å². The highest BCUT2D eigenvalue weighted by atomic mass is 32.2. The van der Waals surface area contributed by atoms with E-state index in [0.29, 0.717) is 24.5 Å². The van der Waals surface area contributed by atoms with Crippen LogP contribution in [0.15, 0.2) is 24.3 Å². The van der Waals surface area contributed by atoms with Crippen molar-refractivity contribution in [3.8, 4) is 5.75 Å². The SMILES string of the molecule is CCCOc1ccccc1NC(=O)C1CCS(=O)(=O)C1. The second kappa shape index (κ2) is 6.26. The molecule has 1 aromatic carbocycles. The van der Waals surface area contributed by atoms with Gasteiger partial charge in [0.2, 0.25) is 5.91 Å². The summed E-state index contributed by atoms with van der Waals surface area (Å²) < 4.78 is 28.4. The number of amides is 1. The standard InChI is InChI=1S/C14H19NO4S/c1-2-8-19-13-6-4-3-5-12(13)15-14(16)11-7-9-20(17,18)10-11/h3-6,11H,2,7-10H2,1H3,(H,15,16). The number of carbonyl (C=O) groups is 1. The summed E-state index contributed by atoms with van der Waals surface area (Å²) in [5.41, 5.74) is 0.593. The van der Waals surface area contributed by atoms with E-state index in [0.717, 1.165) is 6.42 Å².